The molecule has 0 fully saturated rings. The standard InChI is InChI=1S/C15H15N5/c1-18-9-3-2-4-12-5-7-14(8-6-12)20-15(17)13(10-16)11-19-20/h5-8,11,18H,3,9,17H2,1H3. The van der Waals surface area contributed by atoms with Gasteiger partial charge in [0.15, 0.2) is 0 Å². The molecule has 5 heteroatoms. The maximum atomic E-state index is 8.86. The number of hydrogen-bond acceptors (Lipinski definition) is 4. The number of benzene rings is 1. The highest BCUT2D eigenvalue weighted by Crippen LogP contribution is 2.16. The highest BCUT2D eigenvalue weighted by atomic mass is 15.3. The van der Waals surface area contributed by atoms with Gasteiger partial charge in [-0.05, 0) is 31.3 Å². The first-order chi connectivity index (χ1) is 9.76. The molecule has 0 spiro atoms. The lowest BCUT2D eigenvalue weighted by atomic mass is 10.2. The first kappa shape index (κ1) is 13.7. The number of nitrogens with two attached hydrogens (primary N) is 1. The molecule has 1 heterocycles. The minimum Gasteiger partial charge on any atom is -0.382 e. The van der Waals surface area contributed by atoms with Crippen molar-refractivity contribution in [3.63, 3.8) is 0 Å². The van der Waals surface area contributed by atoms with Gasteiger partial charge in [0.2, 0.25) is 0 Å². The maximum absolute atomic E-state index is 8.86. The summed E-state index contributed by atoms with van der Waals surface area (Å²) >= 11 is 0. The van der Waals surface area contributed by atoms with Crippen LogP contribution in [-0.4, -0.2) is 23.4 Å². The molecule has 20 heavy (non-hydrogen) atoms. The summed E-state index contributed by atoms with van der Waals surface area (Å²) in [6.07, 6.45) is 2.27. The molecule has 0 aliphatic rings. The van der Waals surface area contributed by atoms with Crippen molar-refractivity contribution in [3.8, 4) is 23.6 Å². The normalized spacial score (nSPS) is 9.60. The zero-order chi connectivity index (χ0) is 14.4. The van der Waals surface area contributed by atoms with Gasteiger partial charge in [0, 0.05) is 18.5 Å². The molecule has 100 valence electrons. The number of rotatable bonds is 3. The number of nitrogens with one attached hydrogen (secondary N) is 1. The maximum Gasteiger partial charge on any atom is 0.145 e. The molecule has 0 atom stereocenters. The Kier molecular flexibility index (Phi) is 4.39. The molecule has 1 aromatic heterocycles. The van der Waals surface area contributed by atoms with Crippen LogP contribution in [-0.2, 0) is 0 Å². The van der Waals surface area contributed by atoms with Crippen molar-refractivity contribution in [1.82, 2.24) is 15.1 Å². The zero-order valence-electron chi connectivity index (χ0n) is 11.2. The smallest absolute Gasteiger partial charge is 0.145 e. The van der Waals surface area contributed by atoms with Crippen LogP contribution in [0.1, 0.15) is 17.5 Å². The molecule has 0 aliphatic carbocycles. The van der Waals surface area contributed by atoms with Crippen molar-refractivity contribution in [3.05, 3.63) is 41.6 Å². The monoisotopic (exact) mass is 265 g/mol. The minimum atomic E-state index is 0.348. The summed E-state index contributed by atoms with van der Waals surface area (Å²) in [7, 11) is 1.90. The fourth-order valence-electron chi connectivity index (χ4n) is 1.69. The van der Waals surface area contributed by atoms with Gasteiger partial charge in [0.05, 0.1) is 11.9 Å². The molecule has 0 aliphatic heterocycles. The van der Waals surface area contributed by atoms with Crippen molar-refractivity contribution in [1.29, 1.82) is 5.26 Å². The van der Waals surface area contributed by atoms with Crippen LogP contribution in [0.2, 0.25) is 0 Å². The Labute approximate surface area is 118 Å². The SMILES string of the molecule is CNCCC#Cc1ccc(-n2ncc(C#N)c2N)cc1. The van der Waals surface area contributed by atoms with Crippen molar-refractivity contribution in [2.45, 2.75) is 6.42 Å². The van der Waals surface area contributed by atoms with Crippen LogP contribution in [0.3, 0.4) is 0 Å². The highest BCUT2D eigenvalue weighted by Gasteiger charge is 2.07. The van der Waals surface area contributed by atoms with Crippen molar-refractivity contribution < 1.29 is 0 Å². The first-order valence-corrected chi connectivity index (χ1v) is 6.23. The van der Waals surface area contributed by atoms with Crippen LogP contribution in [0.15, 0.2) is 30.5 Å². The summed E-state index contributed by atoms with van der Waals surface area (Å²) in [5, 5.41) is 16.0. The predicted molar refractivity (Wildman–Crippen MR) is 78.1 cm³/mol. The van der Waals surface area contributed by atoms with Gasteiger partial charge in [0.25, 0.3) is 0 Å². The van der Waals surface area contributed by atoms with Gasteiger partial charge in [-0.25, -0.2) is 4.68 Å². The van der Waals surface area contributed by atoms with E-state index in [-0.39, 0.29) is 0 Å². The first-order valence-electron chi connectivity index (χ1n) is 6.23. The summed E-state index contributed by atoms with van der Waals surface area (Å²) in [6.45, 7) is 0.881. The van der Waals surface area contributed by atoms with Crippen molar-refractivity contribution in [2.75, 3.05) is 19.3 Å². The van der Waals surface area contributed by atoms with E-state index in [0.29, 0.717) is 11.4 Å². The second-order valence-electron chi connectivity index (χ2n) is 4.17. The summed E-state index contributed by atoms with van der Waals surface area (Å²) in [6, 6.07) is 9.59. The van der Waals surface area contributed by atoms with Crippen LogP contribution in [0.25, 0.3) is 5.69 Å². The Bertz CT molecular complexity index is 680. The Morgan fingerprint density at radius 3 is 2.70 bits per heavy atom. The molecule has 2 aromatic rings. The van der Waals surface area contributed by atoms with E-state index in [4.69, 9.17) is 11.0 Å². The summed E-state index contributed by atoms with van der Waals surface area (Å²) in [5.41, 5.74) is 7.97. The van der Waals surface area contributed by atoms with Crippen LogP contribution in [0, 0.1) is 23.2 Å². The predicted octanol–water partition coefficient (Wildman–Crippen LogP) is 1.29. The van der Waals surface area contributed by atoms with E-state index >= 15 is 0 Å². The van der Waals surface area contributed by atoms with E-state index in [1.807, 2.05) is 37.4 Å². The number of hydrogen-bond donors (Lipinski definition) is 2. The molecule has 2 rings (SSSR count). The Morgan fingerprint density at radius 1 is 1.35 bits per heavy atom. The number of nitrogens with zero attached hydrogens (tertiary/aromatic N) is 3. The van der Waals surface area contributed by atoms with Crippen molar-refractivity contribution >= 4 is 5.82 Å². The second-order valence-corrected chi connectivity index (χ2v) is 4.17. The number of aromatic nitrogens is 2. The number of nitriles is 1. The van der Waals surface area contributed by atoms with Crippen LogP contribution in [0.5, 0.6) is 0 Å². The number of anilines is 1. The van der Waals surface area contributed by atoms with E-state index < -0.39 is 0 Å². The van der Waals surface area contributed by atoms with Gasteiger partial charge in [-0.1, -0.05) is 11.8 Å². The third kappa shape index (κ3) is 2.97. The average molecular weight is 265 g/mol. The quantitative estimate of drug-likeness (QED) is 0.647. The molecule has 1 aromatic carbocycles. The molecular formula is C15H15N5. The fraction of sp³-hybridized carbons (Fsp3) is 0.200. The van der Waals surface area contributed by atoms with Crippen LogP contribution < -0.4 is 11.1 Å². The average Bonchev–Trinajstić information content (AvgIpc) is 2.85. The molecular weight excluding hydrogens is 250 g/mol. The molecule has 3 N–H and O–H groups in total. The Hall–Kier alpha value is -2.76. The summed E-state index contributed by atoms with van der Waals surface area (Å²) < 4.78 is 1.54. The lowest BCUT2D eigenvalue weighted by Crippen LogP contribution is -2.05. The molecule has 0 bridgehead atoms. The van der Waals surface area contributed by atoms with Gasteiger partial charge < -0.3 is 11.1 Å². The summed E-state index contributed by atoms with van der Waals surface area (Å²) in [5.74, 6) is 6.52. The third-order valence-corrected chi connectivity index (χ3v) is 2.77. The molecule has 0 unspecified atom stereocenters. The van der Waals surface area contributed by atoms with Gasteiger partial charge >= 0.3 is 0 Å². The number of nitrogen functional groups attached to an aromatic ring is 1. The summed E-state index contributed by atoms with van der Waals surface area (Å²) in [4.78, 5) is 0. The van der Waals surface area contributed by atoms with Gasteiger partial charge in [-0.2, -0.15) is 10.4 Å². The second kappa shape index (κ2) is 6.42. The molecule has 0 amide bonds. The van der Waals surface area contributed by atoms with Crippen LogP contribution in [0.4, 0.5) is 5.82 Å². The van der Waals surface area contributed by atoms with E-state index in [9.17, 15) is 0 Å². The van der Waals surface area contributed by atoms with Gasteiger partial charge in [0.1, 0.15) is 17.5 Å². The lowest BCUT2D eigenvalue weighted by Gasteiger charge is -2.03. The Morgan fingerprint density at radius 2 is 2.10 bits per heavy atom. The van der Waals surface area contributed by atoms with E-state index in [2.05, 4.69) is 22.3 Å². The van der Waals surface area contributed by atoms with E-state index in [0.717, 1.165) is 24.2 Å². The fourth-order valence-corrected chi connectivity index (χ4v) is 1.69. The van der Waals surface area contributed by atoms with E-state index in [1.165, 1.54) is 10.9 Å². The van der Waals surface area contributed by atoms with Gasteiger partial charge in [-0.15, -0.1) is 0 Å². The largest absolute Gasteiger partial charge is 0.382 e. The Balaban J connectivity index is 2.17. The highest BCUT2D eigenvalue weighted by molar-refractivity contribution is 5.53. The topological polar surface area (TPSA) is 79.7 Å². The third-order valence-electron chi connectivity index (χ3n) is 2.77. The molecule has 0 radical (unpaired) electrons. The van der Waals surface area contributed by atoms with Crippen molar-refractivity contribution in [2.24, 2.45) is 0 Å². The minimum absolute atomic E-state index is 0.348. The zero-order valence-corrected chi connectivity index (χ0v) is 11.2. The molecule has 0 saturated heterocycles. The van der Waals surface area contributed by atoms with E-state index in [1.54, 1.807) is 0 Å². The van der Waals surface area contributed by atoms with Gasteiger partial charge in [-0.3, -0.25) is 0 Å². The molecule has 0 saturated carbocycles. The molecule has 5 nitrogen and oxygen atoms in total. The lowest BCUT2D eigenvalue weighted by molar-refractivity contribution is 0.818. The van der Waals surface area contributed by atoms with Crippen LogP contribution >= 0.6 is 0 Å².